The third-order valence-electron chi connectivity index (χ3n) is 5.27. The average molecular weight is 498 g/mol. The second kappa shape index (κ2) is 11.1. The van der Waals surface area contributed by atoms with Crippen LogP contribution < -0.4 is 24.3 Å². The summed E-state index contributed by atoms with van der Waals surface area (Å²) in [5.74, 6) is 1.32. The predicted octanol–water partition coefficient (Wildman–Crippen LogP) is 5.49. The summed E-state index contributed by atoms with van der Waals surface area (Å²) in [5.41, 5.74) is 1.22. The van der Waals surface area contributed by atoms with Crippen molar-refractivity contribution in [3.8, 4) is 23.0 Å². The first-order chi connectivity index (χ1) is 17.0. The summed E-state index contributed by atoms with van der Waals surface area (Å²) >= 11 is 1.23. The zero-order valence-electron chi connectivity index (χ0n) is 19.8. The number of nitrogens with one attached hydrogen (secondary N) is 1. The van der Waals surface area contributed by atoms with Crippen molar-refractivity contribution in [3.05, 3.63) is 64.5 Å². The molecule has 0 aliphatic carbocycles. The van der Waals surface area contributed by atoms with E-state index in [1.807, 2.05) is 31.2 Å². The highest BCUT2D eigenvalue weighted by Crippen LogP contribution is 2.40. The lowest BCUT2D eigenvalue weighted by Crippen LogP contribution is -2.24. The molecule has 1 aliphatic heterocycles. The smallest absolute Gasteiger partial charge is 0.341 e. The van der Waals surface area contributed by atoms with Crippen LogP contribution in [-0.2, 0) is 4.74 Å². The number of fused-ring (bicyclic) bond motifs is 1. The summed E-state index contributed by atoms with van der Waals surface area (Å²) in [6.07, 6.45) is 0.325. The minimum Gasteiger partial charge on any atom is -0.493 e. The molecule has 1 amide bonds. The van der Waals surface area contributed by atoms with E-state index >= 15 is 0 Å². The van der Waals surface area contributed by atoms with Gasteiger partial charge in [-0.25, -0.2) is 4.79 Å². The number of para-hydroxylation sites is 2. The molecule has 3 aromatic rings. The minimum absolute atomic E-state index is 0.197. The second-order valence-electron chi connectivity index (χ2n) is 7.65. The highest BCUT2D eigenvalue weighted by Gasteiger charge is 2.31. The molecule has 0 radical (unpaired) electrons. The maximum absolute atomic E-state index is 13.1. The zero-order chi connectivity index (χ0) is 24.8. The van der Waals surface area contributed by atoms with Gasteiger partial charge in [0.05, 0.1) is 20.3 Å². The first-order valence-corrected chi connectivity index (χ1v) is 12.2. The van der Waals surface area contributed by atoms with Gasteiger partial charge in [0, 0.05) is 16.5 Å². The summed E-state index contributed by atoms with van der Waals surface area (Å²) in [7, 11) is 1.52. The highest BCUT2D eigenvalue weighted by molar-refractivity contribution is 7.15. The van der Waals surface area contributed by atoms with Gasteiger partial charge >= 0.3 is 5.97 Å². The van der Waals surface area contributed by atoms with Gasteiger partial charge in [0.1, 0.15) is 17.2 Å². The molecule has 0 saturated carbocycles. The molecule has 8 nitrogen and oxygen atoms in total. The van der Waals surface area contributed by atoms with Crippen molar-refractivity contribution in [2.24, 2.45) is 0 Å². The Morgan fingerprint density at radius 1 is 1.11 bits per heavy atom. The van der Waals surface area contributed by atoms with Crippen LogP contribution in [0.5, 0.6) is 23.0 Å². The minimum atomic E-state index is -0.539. The third-order valence-corrected chi connectivity index (χ3v) is 6.18. The Kier molecular flexibility index (Phi) is 7.77. The number of esters is 1. The van der Waals surface area contributed by atoms with Crippen LogP contribution in [0.15, 0.2) is 47.8 Å². The Morgan fingerprint density at radius 2 is 1.91 bits per heavy atom. The van der Waals surface area contributed by atoms with Gasteiger partial charge < -0.3 is 29.0 Å². The number of methoxy groups -OCH3 is 1. The first kappa shape index (κ1) is 24.4. The van der Waals surface area contributed by atoms with Crippen LogP contribution in [0, 0.1) is 0 Å². The van der Waals surface area contributed by atoms with E-state index in [4.69, 9.17) is 23.7 Å². The third kappa shape index (κ3) is 5.35. The van der Waals surface area contributed by atoms with Crippen molar-refractivity contribution in [1.29, 1.82) is 0 Å². The summed E-state index contributed by atoms with van der Waals surface area (Å²) < 4.78 is 28.3. The summed E-state index contributed by atoms with van der Waals surface area (Å²) in [4.78, 5) is 26.0. The van der Waals surface area contributed by atoms with E-state index in [0.717, 1.165) is 6.42 Å². The van der Waals surface area contributed by atoms with E-state index in [9.17, 15) is 9.59 Å². The summed E-state index contributed by atoms with van der Waals surface area (Å²) in [6, 6.07) is 12.3. The van der Waals surface area contributed by atoms with Gasteiger partial charge in [0.25, 0.3) is 5.91 Å². The number of rotatable bonds is 9. The fourth-order valence-corrected chi connectivity index (χ4v) is 4.59. The molecule has 0 unspecified atom stereocenters. The first-order valence-electron chi connectivity index (χ1n) is 11.3. The monoisotopic (exact) mass is 497 g/mol. The molecule has 0 spiro atoms. The number of carbonyl (C=O) groups is 2. The van der Waals surface area contributed by atoms with E-state index in [0.29, 0.717) is 45.7 Å². The van der Waals surface area contributed by atoms with Crippen LogP contribution >= 0.6 is 11.3 Å². The van der Waals surface area contributed by atoms with Crippen molar-refractivity contribution >= 4 is 28.2 Å². The summed E-state index contributed by atoms with van der Waals surface area (Å²) in [6.45, 7) is 4.70. The van der Waals surface area contributed by atoms with Crippen molar-refractivity contribution in [1.82, 2.24) is 0 Å². The molecule has 9 heteroatoms. The van der Waals surface area contributed by atoms with Crippen LogP contribution in [0.2, 0.25) is 0 Å². The molecule has 4 rings (SSSR count). The Bertz CT molecular complexity index is 1210. The Balaban J connectivity index is 1.60. The van der Waals surface area contributed by atoms with Gasteiger partial charge in [0.2, 0.25) is 0 Å². The summed E-state index contributed by atoms with van der Waals surface area (Å²) in [5, 5.41) is 5.00. The van der Waals surface area contributed by atoms with Crippen LogP contribution in [0.3, 0.4) is 0 Å². The fraction of sp³-hybridized carbons (Fsp3) is 0.308. The quantitative estimate of drug-likeness (QED) is 0.391. The Morgan fingerprint density at radius 3 is 2.66 bits per heavy atom. The standard InChI is InChI=1S/C26H27NO7S/c1-4-12-32-19-11-10-16(13-21(19)30-3)24(28)27-25-23(26(29)31-5-2)17(15-35-25)22-14-33-18-8-6-7-9-20(18)34-22/h6-11,13,15,22H,4-5,12,14H2,1-3H3,(H,27,28)/t22-/m0/s1. The van der Waals surface area contributed by atoms with E-state index in [1.54, 1.807) is 30.5 Å². The molecule has 1 aliphatic rings. The number of amides is 1. The largest absolute Gasteiger partial charge is 0.493 e. The molecular formula is C26H27NO7S. The number of thiophene rings is 1. The topological polar surface area (TPSA) is 92.3 Å². The molecule has 1 N–H and O–H groups in total. The van der Waals surface area contributed by atoms with Gasteiger partial charge in [-0.3, -0.25) is 4.79 Å². The van der Waals surface area contributed by atoms with Gasteiger partial charge in [-0.05, 0) is 43.7 Å². The number of carbonyl (C=O) groups excluding carboxylic acids is 2. The molecule has 1 atom stereocenters. The van der Waals surface area contributed by atoms with Crippen molar-refractivity contribution in [2.45, 2.75) is 26.4 Å². The molecule has 0 saturated heterocycles. The predicted molar refractivity (Wildman–Crippen MR) is 132 cm³/mol. The molecule has 0 fully saturated rings. The lowest BCUT2D eigenvalue weighted by Gasteiger charge is -2.26. The molecule has 1 aromatic heterocycles. The lowest BCUT2D eigenvalue weighted by molar-refractivity contribution is 0.0513. The van der Waals surface area contributed by atoms with Gasteiger partial charge in [-0.1, -0.05) is 19.1 Å². The van der Waals surface area contributed by atoms with E-state index in [1.165, 1.54) is 18.4 Å². The maximum atomic E-state index is 13.1. The van der Waals surface area contributed by atoms with Gasteiger partial charge in [-0.2, -0.15) is 0 Å². The second-order valence-corrected chi connectivity index (χ2v) is 8.53. The van der Waals surface area contributed by atoms with Crippen LogP contribution in [0.25, 0.3) is 0 Å². The van der Waals surface area contributed by atoms with Crippen LogP contribution in [-0.4, -0.2) is 38.8 Å². The van der Waals surface area contributed by atoms with E-state index in [2.05, 4.69) is 5.32 Å². The zero-order valence-corrected chi connectivity index (χ0v) is 20.6. The van der Waals surface area contributed by atoms with Crippen LogP contribution in [0.4, 0.5) is 5.00 Å². The van der Waals surface area contributed by atoms with Crippen molar-refractivity contribution in [3.63, 3.8) is 0 Å². The average Bonchev–Trinajstić information content (AvgIpc) is 3.30. The van der Waals surface area contributed by atoms with Crippen LogP contribution in [0.1, 0.15) is 52.7 Å². The molecule has 35 heavy (non-hydrogen) atoms. The molecule has 2 aromatic carbocycles. The lowest BCUT2D eigenvalue weighted by atomic mass is 10.1. The highest BCUT2D eigenvalue weighted by atomic mass is 32.1. The molecular weight excluding hydrogens is 470 g/mol. The van der Waals surface area contributed by atoms with E-state index in [-0.39, 0.29) is 18.8 Å². The fourth-order valence-electron chi connectivity index (χ4n) is 3.60. The van der Waals surface area contributed by atoms with Gasteiger partial charge in [0.15, 0.2) is 29.1 Å². The molecule has 2 heterocycles. The van der Waals surface area contributed by atoms with E-state index < -0.39 is 18.0 Å². The Hall–Kier alpha value is -3.72. The number of benzene rings is 2. The van der Waals surface area contributed by atoms with Crippen molar-refractivity contribution < 1.29 is 33.3 Å². The Labute approximate surface area is 207 Å². The molecule has 0 bridgehead atoms. The van der Waals surface area contributed by atoms with Gasteiger partial charge in [-0.15, -0.1) is 11.3 Å². The number of ether oxygens (including phenoxy) is 5. The number of anilines is 1. The van der Waals surface area contributed by atoms with Crippen molar-refractivity contribution in [2.75, 3.05) is 32.2 Å². The molecule has 184 valence electrons. The number of hydrogen-bond donors (Lipinski definition) is 1. The SMILES string of the molecule is CCCOc1ccc(C(=O)Nc2scc([C@@H]3COc4ccccc4O3)c2C(=O)OCC)cc1OC. The maximum Gasteiger partial charge on any atom is 0.341 e. The normalized spacial score (nSPS) is 14.2. The number of hydrogen-bond acceptors (Lipinski definition) is 8.